The zero-order valence-corrected chi connectivity index (χ0v) is 17.0. The number of ketones is 1. The molecule has 0 saturated heterocycles. The second-order valence-electron chi connectivity index (χ2n) is 7.05. The second-order valence-corrected chi connectivity index (χ2v) is 7.05. The van der Waals surface area contributed by atoms with Gasteiger partial charge < -0.3 is 10.1 Å². The summed E-state index contributed by atoms with van der Waals surface area (Å²) >= 11 is 0. The van der Waals surface area contributed by atoms with Gasteiger partial charge in [0.1, 0.15) is 0 Å². The van der Waals surface area contributed by atoms with E-state index in [0.717, 1.165) is 11.1 Å². The molecule has 0 heterocycles. The van der Waals surface area contributed by atoms with Crippen LogP contribution in [0.3, 0.4) is 0 Å². The van der Waals surface area contributed by atoms with E-state index in [2.05, 4.69) is 5.32 Å². The molecular weight excluding hydrogens is 381 g/mol. The molecule has 30 heavy (non-hydrogen) atoms. The van der Waals surface area contributed by atoms with Crippen molar-refractivity contribution >= 4 is 11.7 Å². The standard InChI is InChI=1S/C25H24FNO3/c1-17(21-12-14-24(30-2)22(26)16-21)27-25(29)15-13-23(28)20-10-8-19(9-11-20)18-6-4-3-5-7-18/h3-12,14,16-17H,13,15H2,1-2H3,(H,27,29)/t17-/m0/s1. The van der Waals surface area contributed by atoms with Gasteiger partial charge in [-0.2, -0.15) is 0 Å². The predicted octanol–water partition coefficient (Wildman–Crippen LogP) is 5.34. The highest BCUT2D eigenvalue weighted by Crippen LogP contribution is 2.22. The average Bonchev–Trinajstić information content (AvgIpc) is 2.78. The summed E-state index contributed by atoms with van der Waals surface area (Å²) in [4.78, 5) is 24.7. The van der Waals surface area contributed by atoms with E-state index in [0.29, 0.717) is 11.1 Å². The van der Waals surface area contributed by atoms with Crippen LogP contribution in [-0.4, -0.2) is 18.8 Å². The fourth-order valence-corrected chi connectivity index (χ4v) is 3.20. The highest BCUT2D eigenvalue weighted by molar-refractivity contribution is 5.98. The summed E-state index contributed by atoms with van der Waals surface area (Å²) in [5, 5.41) is 2.80. The number of nitrogens with one attached hydrogen (secondary N) is 1. The Labute approximate surface area is 175 Å². The molecule has 0 radical (unpaired) electrons. The van der Waals surface area contributed by atoms with Gasteiger partial charge in [-0.15, -0.1) is 0 Å². The number of amides is 1. The number of carbonyl (C=O) groups excluding carboxylic acids is 2. The van der Waals surface area contributed by atoms with Crippen molar-refractivity contribution in [2.24, 2.45) is 0 Å². The van der Waals surface area contributed by atoms with Gasteiger partial charge in [0.05, 0.1) is 13.2 Å². The maximum Gasteiger partial charge on any atom is 0.220 e. The molecule has 0 unspecified atom stereocenters. The van der Waals surface area contributed by atoms with Crippen LogP contribution in [-0.2, 0) is 4.79 Å². The van der Waals surface area contributed by atoms with Crippen LogP contribution >= 0.6 is 0 Å². The number of ether oxygens (including phenoxy) is 1. The van der Waals surface area contributed by atoms with Gasteiger partial charge in [0.15, 0.2) is 17.3 Å². The molecule has 0 aliphatic heterocycles. The summed E-state index contributed by atoms with van der Waals surface area (Å²) in [5.74, 6) is -0.674. The first-order valence-corrected chi connectivity index (χ1v) is 9.79. The van der Waals surface area contributed by atoms with E-state index in [9.17, 15) is 14.0 Å². The summed E-state index contributed by atoms with van der Waals surface area (Å²) in [6, 6.07) is 21.5. The van der Waals surface area contributed by atoms with Crippen LogP contribution in [0.15, 0.2) is 72.8 Å². The molecule has 154 valence electrons. The Balaban J connectivity index is 1.53. The number of hydrogen-bond acceptors (Lipinski definition) is 3. The lowest BCUT2D eigenvalue weighted by atomic mass is 10.0. The van der Waals surface area contributed by atoms with Crippen LogP contribution in [0.5, 0.6) is 5.75 Å². The molecule has 0 bridgehead atoms. The number of rotatable bonds is 8. The lowest BCUT2D eigenvalue weighted by Crippen LogP contribution is -2.27. The molecule has 0 spiro atoms. The Morgan fingerprint density at radius 2 is 1.60 bits per heavy atom. The van der Waals surface area contributed by atoms with Crippen molar-refractivity contribution in [3.8, 4) is 16.9 Å². The van der Waals surface area contributed by atoms with Gasteiger partial charge in [0.2, 0.25) is 5.91 Å². The quantitative estimate of drug-likeness (QED) is 0.515. The molecule has 3 aromatic carbocycles. The molecule has 4 nitrogen and oxygen atoms in total. The normalized spacial score (nSPS) is 11.6. The van der Waals surface area contributed by atoms with E-state index in [1.54, 1.807) is 25.1 Å². The summed E-state index contributed by atoms with van der Waals surface area (Å²) in [6.07, 6.45) is 0.183. The smallest absolute Gasteiger partial charge is 0.220 e. The van der Waals surface area contributed by atoms with Crippen molar-refractivity contribution in [1.82, 2.24) is 5.32 Å². The predicted molar refractivity (Wildman–Crippen MR) is 115 cm³/mol. The minimum absolute atomic E-state index is 0.0717. The van der Waals surface area contributed by atoms with E-state index >= 15 is 0 Å². The van der Waals surface area contributed by atoms with E-state index in [-0.39, 0.29) is 36.3 Å². The Kier molecular flexibility index (Phi) is 6.96. The molecule has 0 aliphatic carbocycles. The number of hydrogen-bond donors (Lipinski definition) is 1. The molecule has 0 fully saturated rings. The van der Waals surface area contributed by atoms with E-state index in [1.807, 2.05) is 42.5 Å². The van der Waals surface area contributed by atoms with Crippen molar-refractivity contribution in [3.05, 3.63) is 89.7 Å². The van der Waals surface area contributed by atoms with E-state index < -0.39 is 5.82 Å². The summed E-state index contributed by atoms with van der Waals surface area (Å²) in [7, 11) is 1.40. The topological polar surface area (TPSA) is 55.4 Å². The largest absolute Gasteiger partial charge is 0.494 e. The van der Waals surface area contributed by atoms with Gasteiger partial charge in [-0.3, -0.25) is 9.59 Å². The van der Waals surface area contributed by atoms with Gasteiger partial charge in [-0.25, -0.2) is 4.39 Å². The van der Waals surface area contributed by atoms with Crippen molar-refractivity contribution < 1.29 is 18.7 Å². The summed E-state index contributed by atoms with van der Waals surface area (Å²) < 4.78 is 18.7. The third-order valence-electron chi connectivity index (χ3n) is 4.95. The van der Waals surface area contributed by atoms with Gasteiger partial charge in [0, 0.05) is 18.4 Å². The van der Waals surface area contributed by atoms with Crippen LogP contribution in [0, 0.1) is 5.82 Å². The zero-order chi connectivity index (χ0) is 21.5. The fraction of sp³-hybridized carbons (Fsp3) is 0.200. The van der Waals surface area contributed by atoms with Crippen LogP contribution < -0.4 is 10.1 Å². The van der Waals surface area contributed by atoms with Gasteiger partial charge in [-0.1, -0.05) is 60.7 Å². The Hall–Kier alpha value is -3.47. The number of Topliss-reactive ketones (excluding diaryl/α,β-unsaturated/α-hetero) is 1. The summed E-state index contributed by atoms with van der Waals surface area (Å²) in [6.45, 7) is 1.77. The van der Waals surface area contributed by atoms with Gasteiger partial charge >= 0.3 is 0 Å². The minimum Gasteiger partial charge on any atom is -0.494 e. The van der Waals surface area contributed by atoms with Crippen LogP contribution in [0.2, 0.25) is 0 Å². The first kappa shape index (κ1) is 21.2. The molecule has 0 saturated carbocycles. The van der Waals surface area contributed by atoms with Crippen molar-refractivity contribution in [3.63, 3.8) is 0 Å². The lowest BCUT2D eigenvalue weighted by molar-refractivity contribution is -0.121. The molecular formula is C25H24FNO3. The SMILES string of the molecule is COc1ccc([C@H](C)NC(=O)CCC(=O)c2ccc(-c3ccccc3)cc2)cc1F. The Morgan fingerprint density at radius 1 is 0.933 bits per heavy atom. The highest BCUT2D eigenvalue weighted by atomic mass is 19.1. The van der Waals surface area contributed by atoms with Crippen LogP contribution in [0.1, 0.15) is 41.7 Å². The average molecular weight is 405 g/mol. The van der Waals surface area contributed by atoms with E-state index in [4.69, 9.17) is 4.74 Å². The molecule has 3 aromatic rings. The molecule has 1 atom stereocenters. The number of halogens is 1. The van der Waals surface area contributed by atoms with E-state index in [1.165, 1.54) is 19.2 Å². The maximum absolute atomic E-state index is 13.8. The van der Waals surface area contributed by atoms with Gasteiger partial charge in [0.25, 0.3) is 0 Å². The van der Waals surface area contributed by atoms with Gasteiger partial charge in [-0.05, 0) is 35.7 Å². The van der Waals surface area contributed by atoms with Crippen molar-refractivity contribution in [1.29, 1.82) is 0 Å². The fourth-order valence-electron chi connectivity index (χ4n) is 3.20. The zero-order valence-electron chi connectivity index (χ0n) is 17.0. The number of benzene rings is 3. The Morgan fingerprint density at radius 3 is 2.23 bits per heavy atom. The molecule has 5 heteroatoms. The molecule has 3 rings (SSSR count). The number of methoxy groups -OCH3 is 1. The first-order valence-electron chi connectivity index (χ1n) is 9.79. The molecule has 1 N–H and O–H groups in total. The molecule has 1 amide bonds. The monoisotopic (exact) mass is 405 g/mol. The number of carbonyl (C=O) groups is 2. The highest BCUT2D eigenvalue weighted by Gasteiger charge is 2.14. The Bertz CT molecular complexity index is 1020. The molecule has 0 aromatic heterocycles. The first-order chi connectivity index (χ1) is 14.5. The molecule has 0 aliphatic rings. The second kappa shape index (κ2) is 9.83. The summed E-state index contributed by atoms with van der Waals surface area (Å²) in [5.41, 5.74) is 3.32. The van der Waals surface area contributed by atoms with Crippen molar-refractivity contribution in [2.75, 3.05) is 7.11 Å². The third kappa shape index (κ3) is 5.32. The maximum atomic E-state index is 13.8. The van der Waals surface area contributed by atoms with Crippen LogP contribution in [0.25, 0.3) is 11.1 Å². The minimum atomic E-state index is -0.481. The lowest BCUT2D eigenvalue weighted by Gasteiger charge is -2.15. The van der Waals surface area contributed by atoms with Crippen LogP contribution in [0.4, 0.5) is 4.39 Å². The van der Waals surface area contributed by atoms with Crippen molar-refractivity contribution in [2.45, 2.75) is 25.8 Å². The third-order valence-corrected chi connectivity index (χ3v) is 4.95.